The van der Waals surface area contributed by atoms with Crippen molar-refractivity contribution in [2.24, 2.45) is 10.2 Å². The maximum atomic E-state index is 13.0. The molecule has 0 spiro atoms. The van der Waals surface area contributed by atoms with Gasteiger partial charge in [-0.3, -0.25) is 4.98 Å². The Kier molecular flexibility index (Phi) is 6.97. The standard InChI is InChI=1S/C24H25N5O2/c30-24(29(18-23-9-5-15-31-23)17-19-6-4-14-25-16-19)26-20-10-12-22(13-11-20)28-27-21-7-2-1-3-8-21/h1-4,6-8,10-14,16,23H,5,9,15,17-18H2,(H,26,30). The van der Waals surface area contributed by atoms with E-state index in [2.05, 4.69) is 20.5 Å². The lowest BCUT2D eigenvalue weighted by atomic mass is 10.2. The van der Waals surface area contributed by atoms with Crippen molar-refractivity contribution in [1.82, 2.24) is 9.88 Å². The molecule has 158 valence electrons. The third-order valence-electron chi connectivity index (χ3n) is 4.99. The molecule has 0 aliphatic carbocycles. The first kappa shape index (κ1) is 20.7. The lowest BCUT2D eigenvalue weighted by Crippen LogP contribution is -2.39. The summed E-state index contributed by atoms with van der Waals surface area (Å²) in [6, 6.07) is 20.5. The number of hydrogen-bond donors (Lipinski definition) is 1. The maximum Gasteiger partial charge on any atom is 0.322 e. The van der Waals surface area contributed by atoms with E-state index >= 15 is 0 Å². The van der Waals surface area contributed by atoms with Crippen LogP contribution in [-0.2, 0) is 11.3 Å². The van der Waals surface area contributed by atoms with Crippen molar-refractivity contribution >= 4 is 23.1 Å². The van der Waals surface area contributed by atoms with Crippen LogP contribution >= 0.6 is 0 Å². The van der Waals surface area contributed by atoms with E-state index in [0.29, 0.717) is 24.5 Å². The number of benzene rings is 2. The van der Waals surface area contributed by atoms with E-state index in [1.54, 1.807) is 17.3 Å². The number of nitrogens with one attached hydrogen (secondary N) is 1. The second kappa shape index (κ2) is 10.4. The molecule has 2 aromatic carbocycles. The van der Waals surface area contributed by atoms with Crippen LogP contribution in [0, 0.1) is 0 Å². The zero-order valence-electron chi connectivity index (χ0n) is 17.2. The Hall–Kier alpha value is -3.58. The summed E-state index contributed by atoms with van der Waals surface area (Å²) < 4.78 is 5.74. The lowest BCUT2D eigenvalue weighted by Gasteiger charge is -2.25. The molecule has 7 heteroatoms. The Bertz CT molecular complexity index is 987. The topological polar surface area (TPSA) is 79.2 Å². The van der Waals surface area contributed by atoms with Gasteiger partial charge in [0, 0.05) is 37.8 Å². The summed E-state index contributed by atoms with van der Waals surface area (Å²) in [4.78, 5) is 18.9. The average Bonchev–Trinajstić information content (AvgIpc) is 3.33. The molecule has 1 fully saturated rings. The van der Waals surface area contributed by atoms with Gasteiger partial charge in [-0.2, -0.15) is 10.2 Å². The van der Waals surface area contributed by atoms with E-state index in [0.717, 1.165) is 30.7 Å². The average molecular weight is 415 g/mol. The number of nitrogens with zero attached hydrogens (tertiary/aromatic N) is 4. The normalized spacial score (nSPS) is 15.8. The van der Waals surface area contributed by atoms with Crippen molar-refractivity contribution < 1.29 is 9.53 Å². The van der Waals surface area contributed by atoms with E-state index in [9.17, 15) is 4.79 Å². The van der Waals surface area contributed by atoms with Crippen LogP contribution in [0.1, 0.15) is 18.4 Å². The first-order valence-corrected chi connectivity index (χ1v) is 10.4. The molecule has 7 nitrogen and oxygen atoms in total. The summed E-state index contributed by atoms with van der Waals surface area (Å²) in [5.41, 5.74) is 3.19. The number of rotatable bonds is 7. The third kappa shape index (κ3) is 6.20. The summed E-state index contributed by atoms with van der Waals surface area (Å²) >= 11 is 0. The maximum absolute atomic E-state index is 13.0. The van der Waals surface area contributed by atoms with Crippen LogP contribution in [0.2, 0.25) is 0 Å². The third-order valence-corrected chi connectivity index (χ3v) is 4.99. The number of carbonyl (C=O) groups is 1. The smallest absolute Gasteiger partial charge is 0.322 e. The van der Waals surface area contributed by atoms with Gasteiger partial charge in [-0.25, -0.2) is 4.79 Å². The number of anilines is 1. The van der Waals surface area contributed by atoms with E-state index in [-0.39, 0.29) is 12.1 Å². The molecule has 1 atom stereocenters. The summed E-state index contributed by atoms with van der Waals surface area (Å²) in [6.45, 7) is 1.78. The van der Waals surface area contributed by atoms with Gasteiger partial charge in [0.1, 0.15) is 0 Å². The number of amides is 2. The minimum atomic E-state index is -0.169. The van der Waals surface area contributed by atoms with Crippen LogP contribution in [0.25, 0.3) is 0 Å². The molecule has 3 aromatic rings. The fourth-order valence-corrected chi connectivity index (χ4v) is 3.39. The van der Waals surface area contributed by atoms with Crippen molar-refractivity contribution in [3.8, 4) is 0 Å². The summed E-state index contributed by atoms with van der Waals surface area (Å²) in [5.74, 6) is 0. The molecule has 0 radical (unpaired) electrons. The molecule has 1 saturated heterocycles. The molecular weight excluding hydrogens is 390 g/mol. The molecule has 2 heterocycles. The highest BCUT2D eigenvalue weighted by molar-refractivity contribution is 5.89. The second-order valence-electron chi connectivity index (χ2n) is 7.39. The predicted molar refractivity (Wildman–Crippen MR) is 120 cm³/mol. The van der Waals surface area contributed by atoms with Gasteiger partial charge in [0.2, 0.25) is 0 Å². The van der Waals surface area contributed by atoms with Gasteiger partial charge in [0.25, 0.3) is 0 Å². The second-order valence-corrected chi connectivity index (χ2v) is 7.39. The van der Waals surface area contributed by atoms with E-state index in [4.69, 9.17) is 4.74 Å². The number of ether oxygens (including phenoxy) is 1. The molecular formula is C24H25N5O2. The van der Waals surface area contributed by atoms with Crippen molar-refractivity contribution in [2.45, 2.75) is 25.5 Å². The van der Waals surface area contributed by atoms with Gasteiger partial charge in [-0.05, 0) is 60.9 Å². The van der Waals surface area contributed by atoms with Crippen LogP contribution < -0.4 is 5.32 Å². The van der Waals surface area contributed by atoms with Crippen molar-refractivity contribution in [1.29, 1.82) is 0 Å². The minimum Gasteiger partial charge on any atom is -0.376 e. The predicted octanol–water partition coefficient (Wildman–Crippen LogP) is 5.71. The van der Waals surface area contributed by atoms with E-state index < -0.39 is 0 Å². The van der Waals surface area contributed by atoms with Gasteiger partial charge < -0.3 is 15.0 Å². The summed E-state index contributed by atoms with van der Waals surface area (Å²) in [6.07, 6.45) is 5.58. The van der Waals surface area contributed by atoms with E-state index in [1.807, 2.05) is 66.7 Å². The molecule has 2 amide bonds. The quantitative estimate of drug-likeness (QED) is 0.502. The highest BCUT2D eigenvalue weighted by Crippen LogP contribution is 2.21. The van der Waals surface area contributed by atoms with Gasteiger partial charge in [-0.15, -0.1) is 0 Å². The molecule has 4 rings (SSSR count). The fraction of sp³-hybridized carbons (Fsp3) is 0.250. The molecule has 1 aromatic heterocycles. The number of carbonyl (C=O) groups excluding carboxylic acids is 1. The fourth-order valence-electron chi connectivity index (χ4n) is 3.39. The summed E-state index contributed by atoms with van der Waals surface area (Å²) in [5, 5.41) is 11.4. The molecule has 1 aliphatic rings. The Morgan fingerprint density at radius 3 is 2.48 bits per heavy atom. The molecule has 1 N–H and O–H groups in total. The van der Waals surface area contributed by atoms with E-state index in [1.165, 1.54) is 0 Å². The molecule has 1 aliphatic heterocycles. The van der Waals surface area contributed by atoms with Crippen LogP contribution in [0.3, 0.4) is 0 Å². The Morgan fingerprint density at radius 2 is 1.81 bits per heavy atom. The minimum absolute atomic E-state index is 0.0724. The lowest BCUT2D eigenvalue weighted by molar-refractivity contribution is 0.0819. The Labute approximate surface area is 181 Å². The first-order chi connectivity index (χ1) is 15.3. The monoisotopic (exact) mass is 415 g/mol. The van der Waals surface area contributed by atoms with Gasteiger partial charge in [-0.1, -0.05) is 24.3 Å². The number of azo groups is 1. The SMILES string of the molecule is O=C(Nc1ccc(N=Nc2ccccc2)cc1)N(Cc1cccnc1)CC1CCCO1. The van der Waals surface area contributed by atoms with Crippen LogP contribution in [0.4, 0.5) is 21.9 Å². The number of hydrogen-bond acceptors (Lipinski definition) is 5. The van der Waals surface area contributed by atoms with Crippen molar-refractivity contribution in [2.75, 3.05) is 18.5 Å². The Morgan fingerprint density at radius 1 is 1.03 bits per heavy atom. The first-order valence-electron chi connectivity index (χ1n) is 10.4. The van der Waals surface area contributed by atoms with Gasteiger partial charge >= 0.3 is 6.03 Å². The van der Waals surface area contributed by atoms with Crippen LogP contribution in [0.15, 0.2) is 89.4 Å². The molecule has 1 unspecified atom stereocenters. The zero-order chi connectivity index (χ0) is 21.3. The largest absolute Gasteiger partial charge is 0.376 e. The van der Waals surface area contributed by atoms with Gasteiger partial charge in [0.15, 0.2) is 0 Å². The Balaban J connectivity index is 1.40. The summed E-state index contributed by atoms with van der Waals surface area (Å²) in [7, 11) is 0. The van der Waals surface area contributed by atoms with Crippen molar-refractivity contribution in [3.05, 3.63) is 84.7 Å². The molecule has 0 saturated carbocycles. The number of pyridine rings is 1. The highest BCUT2D eigenvalue weighted by atomic mass is 16.5. The molecule has 31 heavy (non-hydrogen) atoms. The number of aromatic nitrogens is 1. The van der Waals surface area contributed by atoms with Crippen LogP contribution in [-0.4, -0.2) is 35.2 Å². The molecule has 0 bridgehead atoms. The number of urea groups is 1. The zero-order valence-corrected chi connectivity index (χ0v) is 17.2. The van der Waals surface area contributed by atoms with Crippen LogP contribution in [0.5, 0.6) is 0 Å². The van der Waals surface area contributed by atoms with Gasteiger partial charge in [0.05, 0.1) is 17.5 Å². The van der Waals surface area contributed by atoms with Crippen molar-refractivity contribution in [3.63, 3.8) is 0 Å². The highest BCUT2D eigenvalue weighted by Gasteiger charge is 2.23.